The van der Waals surface area contributed by atoms with Gasteiger partial charge in [0.1, 0.15) is 29.9 Å². The predicted octanol–water partition coefficient (Wildman–Crippen LogP) is 5.24. The lowest BCUT2D eigenvalue weighted by Gasteiger charge is -2.27. The van der Waals surface area contributed by atoms with Gasteiger partial charge in [0.15, 0.2) is 0 Å². The van der Waals surface area contributed by atoms with E-state index in [1.54, 1.807) is 13.8 Å². The number of alkyl halides is 3. The first kappa shape index (κ1) is 32.2. The van der Waals surface area contributed by atoms with Crippen LogP contribution in [0.15, 0.2) is 54.7 Å². The van der Waals surface area contributed by atoms with Crippen molar-refractivity contribution >= 4 is 23.4 Å². The minimum absolute atomic E-state index is 0.111. The van der Waals surface area contributed by atoms with Crippen LogP contribution in [0.25, 0.3) is 0 Å². The number of nitrogens with zero attached hydrogens (tertiary/aromatic N) is 3. The normalized spacial score (nSPS) is 13.6. The summed E-state index contributed by atoms with van der Waals surface area (Å²) in [5.74, 6) is -5.34. The number of anilines is 1. The maximum atomic E-state index is 15.1. The molecule has 13 heteroatoms. The van der Waals surface area contributed by atoms with E-state index in [0.29, 0.717) is 23.4 Å². The summed E-state index contributed by atoms with van der Waals surface area (Å²) in [5.41, 5.74) is 0.613. The average Bonchev–Trinajstić information content (AvgIpc) is 3.42. The monoisotopic (exact) mass is 593 g/mol. The Morgan fingerprint density at radius 3 is 2.21 bits per heavy atom. The van der Waals surface area contributed by atoms with Crippen molar-refractivity contribution in [2.24, 2.45) is 0 Å². The summed E-state index contributed by atoms with van der Waals surface area (Å²) in [4.78, 5) is 39.7. The summed E-state index contributed by atoms with van der Waals surface area (Å²) >= 11 is 0. The summed E-state index contributed by atoms with van der Waals surface area (Å²) in [5, 5.41) is 9.23. The number of carbonyl (C=O) groups excluding carboxylic acids is 3. The van der Waals surface area contributed by atoms with Crippen molar-refractivity contribution in [3.05, 3.63) is 83.2 Å². The maximum Gasteiger partial charge on any atom is 0.406 e. The van der Waals surface area contributed by atoms with Gasteiger partial charge in [0, 0.05) is 25.7 Å². The van der Waals surface area contributed by atoms with Crippen LogP contribution in [0.1, 0.15) is 60.6 Å². The third-order valence-corrected chi connectivity index (χ3v) is 6.87. The molecule has 2 N–H and O–H groups in total. The van der Waals surface area contributed by atoms with Crippen molar-refractivity contribution in [1.82, 2.24) is 20.0 Å². The molecule has 0 saturated carbocycles. The fourth-order valence-electron chi connectivity index (χ4n) is 4.65. The molecule has 3 rings (SSSR count). The zero-order valence-corrected chi connectivity index (χ0v) is 23.5. The summed E-state index contributed by atoms with van der Waals surface area (Å²) in [6, 6.07) is 9.20. The number of halogens is 5. The Balaban J connectivity index is 1.87. The molecule has 0 radical (unpaired) electrons. The average molecular weight is 594 g/mol. The molecular weight excluding hydrogens is 561 g/mol. The van der Waals surface area contributed by atoms with Crippen LogP contribution >= 0.6 is 0 Å². The van der Waals surface area contributed by atoms with E-state index in [1.165, 1.54) is 60.3 Å². The number of amides is 3. The highest BCUT2D eigenvalue weighted by molar-refractivity contribution is 6.01. The van der Waals surface area contributed by atoms with Crippen molar-refractivity contribution in [2.75, 3.05) is 18.9 Å². The van der Waals surface area contributed by atoms with E-state index >= 15 is 4.39 Å². The first-order valence-corrected chi connectivity index (χ1v) is 13.3. The SMILES string of the molecule is CC[C@@H](c1ccc(F)cc1)[C@H](NC(=O)c1ccnn1CC)C(=O)Nc1ccc([C@H](C)C(=O)N(C)CC(F)(F)F)cc1F. The van der Waals surface area contributed by atoms with E-state index in [-0.39, 0.29) is 16.9 Å². The number of hydrogen-bond acceptors (Lipinski definition) is 4. The third kappa shape index (κ3) is 7.92. The highest BCUT2D eigenvalue weighted by atomic mass is 19.4. The molecule has 2 aromatic carbocycles. The Kier molecular flexibility index (Phi) is 10.4. The van der Waals surface area contributed by atoms with Gasteiger partial charge in [0.05, 0.1) is 11.6 Å². The van der Waals surface area contributed by atoms with Crippen LogP contribution in [0.4, 0.5) is 27.6 Å². The number of hydrogen-bond donors (Lipinski definition) is 2. The van der Waals surface area contributed by atoms with Crippen molar-refractivity contribution in [3.63, 3.8) is 0 Å². The molecule has 0 bridgehead atoms. The van der Waals surface area contributed by atoms with Gasteiger partial charge < -0.3 is 15.5 Å². The summed E-state index contributed by atoms with van der Waals surface area (Å²) in [6.07, 6.45) is -2.80. The van der Waals surface area contributed by atoms with Gasteiger partial charge in [0.2, 0.25) is 11.8 Å². The van der Waals surface area contributed by atoms with E-state index in [0.717, 1.165) is 13.1 Å². The summed E-state index contributed by atoms with van der Waals surface area (Å²) < 4.78 is 68.3. The van der Waals surface area contributed by atoms with Crippen LogP contribution in [-0.2, 0) is 16.1 Å². The topological polar surface area (TPSA) is 96.3 Å². The van der Waals surface area contributed by atoms with Gasteiger partial charge in [-0.3, -0.25) is 19.1 Å². The van der Waals surface area contributed by atoms with Crippen molar-refractivity contribution < 1.29 is 36.3 Å². The first-order valence-electron chi connectivity index (χ1n) is 13.3. The second-order valence-electron chi connectivity index (χ2n) is 9.81. The molecular formula is C29H32F5N5O3. The first-order chi connectivity index (χ1) is 19.7. The van der Waals surface area contributed by atoms with Crippen LogP contribution in [0.5, 0.6) is 0 Å². The summed E-state index contributed by atoms with van der Waals surface area (Å²) in [7, 11) is 1.00. The van der Waals surface area contributed by atoms with Crippen LogP contribution in [0.2, 0.25) is 0 Å². The second kappa shape index (κ2) is 13.6. The number of benzene rings is 2. The third-order valence-electron chi connectivity index (χ3n) is 6.87. The lowest BCUT2D eigenvalue weighted by molar-refractivity contribution is -0.159. The van der Waals surface area contributed by atoms with Gasteiger partial charge >= 0.3 is 6.18 Å². The fourth-order valence-corrected chi connectivity index (χ4v) is 4.65. The molecule has 0 unspecified atom stereocenters. The van der Waals surface area contributed by atoms with E-state index in [2.05, 4.69) is 15.7 Å². The van der Waals surface area contributed by atoms with Crippen LogP contribution < -0.4 is 10.6 Å². The molecule has 0 spiro atoms. The van der Waals surface area contributed by atoms with Gasteiger partial charge in [-0.05, 0) is 61.7 Å². The molecule has 0 aliphatic carbocycles. The molecule has 1 heterocycles. The Morgan fingerprint density at radius 2 is 1.64 bits per heavy atom. The largest absolute Gasteiger partial charge is 0.406 e. The minimum Gasteiger partial charge on any atom is -0.338 e. The molecule has 0 saturated heterocycles. The smallest absolute Gasteiger partial charge is 0.338 e. The molecule has 0 fully saturated rings. The highest BCUT2D eigenvalue weighted by Gasteiger charge is 2.34. The number of nitrogens with one attached hydrogen (secondary N) is 2. The lowest BCUT2D eigenvalue weighted by Crippen LogP contribution is -2.48. The Labute approximate surface area is 239 Å². The number of aryl methyl sites for hydroxylation is 1. The molecule has 1 aromatic heterocycles. The predicted molar refractivity (Wildman–Crippen MR) is 146 cm³/mol. The standard InChI is InChI=1S/C29H32F5N5O3/c1-5-21(18-7-10-20(30)11-8-18)25(37-26(40)24-13-14-35-39(24)6-2)27(41)36-23-12-9-19(15-22(23)31)17(3)28(42)38(4)16-29(32,33)34/h7-15,17,21,25H,5-6,16H2,1-4H3,(H,36,41)(H,37,40)/t17-,21-,25-/m0/s1. The molecule has 226 valence electrons. The molecule has 42 heavy (non-hydrogen) atoms. The Hall–Kier alpha value is -4.29. The number of aromatic nitrogens is 2. The minimum atomic E-state index is -4.59. The summed E-state index contributed by atoms with van der Waals surface area (Å²) in [6.45, 7) is 3.86. The van der Waals surface area contributed by atoms with Gasteiger partial charge in [-0.2, -0.15) is 18.3 Å². The Bertz CT molecular complexity index is 1410. The molecule has 0 aliphatic heterocycles. The maximum absolute atomic E-state index is 15.1. The quantitative estimate of drug-likeness (QED) is 0.298. The van der Waals surface area contributed by atoms with E-state index in [4.69, 9.17) is 0 Å². The zero-order chi connectivity index (χ0) is 31.2. The second-order valence-corrected chi connectivity index (χ2v) is 9.81. The molecule has 3 amide bonds. The molecule has 8 nitrogen and oxygen atoms in total. The van der Waals surface area contributed by atoms with Crippen LogP contribution in [0, 0.1) is 11.6 Å². The van der Waals surface area contributed by atoms with Crippen LogP contribution in [-0.4, -0.2) is 58.2 Å². The molecule has 3 aromatic rings. The number of carbonyl (C=O) groups is 3. The van der Waals surface area contributed by atoms with Crippen molar-refractivity contribution in [2.45, 2.75) is 57.8 Å². The highest BCUT2D eigenvalue weighted by Crippen LogP contribution is 2.28. The van der Waals surface area contributed by atoms with E-state index in [1.807, 2.05) is 0 Å². The van der Waals surface area contributed by atoms with E-state index < -0.39 is 60.0 Å². The molecule has 3 atom stereocenters. The number of likely N-dealkylation sites (N-methyl/N-ethyl adjacent to an activating group) is 1. The van der Waals surface area contributed by atoms with Crippen LogP contribution in [0.3, 0.4) is 0 Å². The fraction of sp³-hybridized carbons (Fsp3) is 0.379. The van der Waals surface area contributed by atoms with Crippen molar-refractivity contribution in [3.8, 4) is 0 Å². The van der Waals surface area contributed by atoms with Crippen molar-refractivity contribution in [1.29, 1.82) is 0 Å². The molecule has 0 aliphatic rings. The van der Waals surface area contributed by atoms with Gasteiger partial charge in [0.25, 0.3) is 5.91 Å². The van der Waals surface area contributed by atoms with Gasteiger partial charge in [-0.1, -0.05) is 25.1 Å². The Morgan fingerprint density at radius 1 is 1.00 bits per heavy atom. The zero-order valence-electron chi connectivity index (χ0n) is 23.5. The lowest BCUT2D eigenvalue weighted by atomic mass is 9.88. The van der Waals surface area contributed by atoms with E-state index in [9.17, 15) is 31.9 Å². The number of rotatable bonds is 11. The van der Waals surface area contributed by atoms with Gasteiger partial charge in [-0.15, -0.1) is 0 Å². The van der Waals surface area contributed by atoms with Gasteiger partial charge in [-0.25, -0.2) is 8.78 Å².